The largest absolute Gasteiger partial charge is 0.455 e. The van der Waals surface area contributed by atoms with E-state index < -0.39 is 0 Å². The van der Waals surface area contributed by atoms with Crippen LogP contribution in [0.25, 0.3) is 88.3 Å². The summed E-state index contributed by atoms with van der Waals surface area (Å²) >= 11 is 0. The summed E-state index contributed by atoms with van der Waals surface area (Å²) in [6.45, 7) is 0. The predicted molar refractivity (Wildman–Crippen MR) is 196 cm³/mol. The molecule has 10 aromatic rings. The first-order valence-corrected chi connectivity index (χ1v) is 16.0. The Balaban J connectivity index is 1.26. The Morgan fingerprint density at radius 1 is 0.404 bits per heavy atom. The van der Waals surface area contributed by atoms with E-state index in [2.05, 4.69) is 179 Å². The standard InChI is InChI=1S/C44H28N2O/c1-4-12-29(13-5-1)34-18-10-20-37-38-21-11-19-35(44(38)47-43(34)37)31-23-25-40-39(28-31)36-24-22-30-26-27-45(32-14-6-2-7-15-32)41(30)42(36)46(40)33-16-8-3-9-17-33/h1-28H. The highest BCUT2D eigenvalue weighted by Crippen LogP contribution is 2.43. The molecule has 0 radical (unpaired) electrons. The zero-order valence-corrected chi connectivity index (χ0v) is 25.5. The van der Waals surface area contributed by atoms with E-state index in [4.69, 9.17) is 4.42 Å². The summed E-state index contributed by atoms with van der Waals surface area (Å²) in [5, 5.41) is 5.90. The summed E-state index contributed by atoms with van der Waals surface area (Å²) in [5.41, 5.74) is 12.2. The molecular weight excluding hydrogens is 572 g/mol. The summed E-state index contributed by atoms with van der Waals surface area (Å²) in [6.07, 6.45) is 2.18. The molecule has 0 spiro atoms. The third-order valence-corrected chi connectivity index (χ3v) is 9.55. The van der Waals surface area contributed by atoms with Gasteiger partial charge in [0.2, 0.25) is 0 Å². The SMILES string of the molecule is c1ccc(-c2cccc3c2oc2c(-c4ccc5c(c4)c4ccc6ccn(-c7ccccc7)c6c4n5-c4ccccc4)cccc23)cc1. The van der Waals surface area contributed by atoms with Crippen LogP contribution in [-0.4, -0.2) is 9.13 Å². The quantitative estimate of drug-likeness (QED) is 0.197. The van der Waals surface area contributed by atoms with Crippen LogP contribution in [0.1, 0.15) is 0 Å². The van der Waals surface area contributed by atoms with Crippen molar-refractivity contribution in [2.45, 2.75) is 0 Å². The van der Waals surface area contributed by atoms with Crippen LogP contribution in [0.3, 0.4) is 0 Å². The third-order valence-electron chi connectivity index (χ3n) is 9.55. The molecule has 0 fully saturated rings. The Hall–Kier alpha value is -6.32. The lowest BCUT2D eigenvalue weighted by Crippen LogP contribution is -1.97. The zero-order chi connectivity index (χ0) is 30.9. The van der Waals surface area contributed by atoms with Crippen LogP contribution in [0.15, 0.2) is 174 Å². The Kier molecular flexibility index (Phi) is 5.57. The first-order valence-electron chi connectivity index (χ1n) is 16.0. The van der Waals surface area contributed by atoms with E-state index in [1.54, 1.807) is 0 Å². The Morgan fingerprint density at radius 3 is 1.74 bits per heavy atom. The van der Waals surface area contributed by atoms with Gasteiger partial charge in [-0.25, -0.2) is 0 Å². The van der Waals surface area contributed by atoms with Crippen LogP contribution in [0.5, 0.6) is 0 Å². The first-order chi connectivity index (χ1) is 23.3. The number of fused-ring (bicyclic) bond motifs is 8. The van der Waals surface area contributed by atoms with Crippen LogP contribution in [-0.2, 0) is 0 Å². The molecule has 3 heterocycles. The van der Waals surface area contributed by atoms with Gasteiger partial charge >= 0.3 is 0 Å². The minimum atomic E-state index is 0.914. The molecule has 0 amide bonds. The van der Waals surface area contributed by atoms with Gasteiger partial charge < -0.3 is 13.6 Å². The van der Waals surface area contributed by atoms with Crippen LogP contribution < -0.4 is 0 Å². The second kappa shape index (κ2) is 10.1. The van der Waals surface area contributed by atoms with Crippen molar-refractivity contribution in [2.75, 3.05) is 0 Å². The Morgan fingerprint density at radius 2 is 1.04 bits per heavy atom. The van der Waals surface area contributed by atoms with E-state index in [0.717, 1.165) is 55.6 Å². The van der Waals surface area contributed by atoms with E-state index in [0.29, 0.717) is 0 Å². The van der Waals surface area contributed by atoms with Crippen LogP contribution in [0.2, 0.25) is 0 Å². The van der Waals surface area contributed by atoms with E-state index in [1.807, 2.05) is 0 Å². The third kappa shape index (κ3) is 3.87. The molecule has 7 aromatic carbocycles. The normalized spacial score (nSPS) is 11.8. The van der Waals surface area contributed by atoms with Gasteiger partial charge in [0.1, 0.15) is 11.2 Å². The van der Waals surface area contributed by atoms with Gasteiger partial charge in [-0.3, -0.25) is 0 Å². The van der Waals surface area contributed by atoms with Crippen molar-refractivity contribution in [3.63, 3.8) is 0 Å². The molecular formula is C44H28N2O. The highest BCUT2D eigenvalue weighted by molar-refractivity contribution is 6.19. The van der Waals surface area contributed by atoms with Gasteiger partial charge in [-0.05, 0) is 53.6 Å². The number of aromatic nitrogens is 2. The number of benzene rings is 7. The van der Waals surface area contributed by atoms with E-state index in [1.165, 1.54) is 32.7 Å². The first kappa shape index (κ1) is 26.0. The molecule has 0 aliphatic heterocycles. The molecule has 0 aliphatic rings. The highest BCUT2D eigenvalue weighted by Gasteiger charge is 2.20. The van der Waals surface area contributed by atoms with Gasteiger partial charge in [-0.2, -0.15) is 0 Å². The van der Waals surface area contributed by atoms with Gasteiger partial charge in [0, 0.05) is 55.6 Å². The van der Waals surface area contributed by atoms with Gasteiger partial charge in [0.05, 0.1) is 16.6 Å². The number of furan rings is 1. The lowest BCUT2D eigenvalue weighted by Gasteiger charge is -2.11. The van der Waals surface area contributed by atoms with Crippen molar-refractivity contribution >= 4 is 54.6 Å². The van der Waals surface area contributed by atoms with Gasteiger partial charge in [0.25, 0.3) is 0 Å². The van der Waals surface area contributed by atoms with Crippen molar-refractivity contribution in [2.24, 2.45) is 0 Å². The number of hydrogen-bond acceptors (Lipinski definition) is 1. The fourth-order valence-electron chi connectivity index (χ4n) is 7.43. The number of rotatable bonds is 4. The topological polar surface area (TPSA) is 23.0 Å². The van der Waals surface area contributed by atoms with Gasteiger partial charge in [-0.1, -0.05) is 121 Å². The van der Waals surface area contributed by atoms with Crippen molar-refractivity contribution < 1.29 is 4.42 Å². The summed E-state index contributed by atoms with van der Waals surface area (Å²) in [6, 6.07) is 58.4. The van der Waals surface area contributed by atoms with Gasteiger partial charge in [0.15, 0.2) is 0 Å². The molecule has 0 bridgehead atoms. The maximum absolute atomic E-state index is 6.80. The fraction of sp³-hybridized carbons (Fsp3) is 0. The summed E-state index contributed by atoms with van der Waals surface area (Å²) < 4.78 is 11.5. The number of nitrogens with zero attached hydrogens (tertiary/aromatic N) is 2. The lowest BCUT2D eigenvalue weighted by molar-refractivity contribution is 0.671. The fourth-order valence-corrected chi connectivity index (χ4v) is 7.43. The van der Waals surface area contributed by atoms with Crippen molar-refractivity contribution in [1.82, 2.24) is 9.13 Å². The highest BCUT2D eigenvalue weighted by atomic mass is 16.3. The number of hydrogen-bond donors (Lipinski definition) is 0. The summed E-state index contributed by atoms with van der Waals surface area (Å²) in [5.74, 6) is 0. The molecule has 0 unspecified atom stereocenters. The zero-order valence-electron chi connectivity index (χ0n) is 25.5. The smallest absolute Gasteiger partial charge is 0.143 e. The maximum atomic E-state index is 6.80. The second-order valence-electron chi connectivity index (χ2n) is 12.2. The molecule has 0 aliphatic carbocycles. The molecule has 0 saturated carbocycles. The summed E-state index contributed by atoms with van der Waals surface area (Å²) in [7, 11) is 0. The molecule has 47 heavy (non-hydrogen) atoms. The predicted octanol–water partition coefficient (Wildman–Crippen LogP) is 12.0. The van der Waals surface area contributed by atoms with E-state index >= 15 is 0 Å². The molecule has 0 N–H and O–H groups in total. The molecule has 3 heteroatoms. The molecule has 10 rings (SSSR count). The van der Waals surface area contributed by atoms with Crippen molar-refractivity contribution in [3.8, 4) is 33.6 Å². The maximum Gasteiger partial charge on any atom is 0.143 e. The Bertz CT molecular complexity index is 2770. The second-order valence-corrected chi connectivity index (χ2v) is 12.2. The van der Waals surface area contributed by atoms with Crippen molar-refractivity contribution in [1.29, 1.82) is 0 Å². The molecule has 220 valence electrons. The average Bonchev–Trinajstić information content (AvgIpc) is 3.84. The van der Waals surface area contributed by atoms with Crippen LogP contribution >= 0.6 is 0 Å². The van der Waals surface area contributed by atoms with Crippen LogP contribution in [0.4, 0.5) is 0 Å². The Labute approximate surface area is 271 Å². The average molecular weight is 601 g/mol. The molecule has 3 aromatic heterocycles. The molecule has 3 nitrogen and oxygen atoms in total. The van der Waals surface area contributed by atoms with Crippen LogP contribution in [0, 0.1) is 0 Å². The molecule has 0 saturated heterocycles. The minimum Gasteiger partial charge on any atom is -0.455 e. The van der Waals surface area contributed by atoms with E-state index in [-0.39, 0.29) is 0 Å². The van der Waals surface area contributed by atoms with E-state index in [9.17, 15) is 0 Å². The van der Waals surface area contributed by atoms with Gasteiger partial charge in [-0.15, -0.1) is 0 Å². The lowest BCUT2D eigenvalue weighted by atomic mass is 9.99. The number of para-hydroxylation sites is 4. The minimum absolute atomic E-state index is 0.914. The summed E-state index contributed by atoms with van der Waals surface area (Å²) in [4.78, 5) is 0. The monoisotopic (exact) mass is 600 g/mol. The van der Waals surface area contributed by atoms with Crippen molar-refractivity contribution in [3.05, 3.63) is 170 Å². The molecule has 0 atom stereocenters.